The predicted octanol–water partition coefficient (Wildman–Crippen LogP) is -0.336. The van der Waals surface area contributed by atoms with E-state index in [4.69, 9.17) is 5.11 Å². The first kappa shape index (κ1) is 13.9. The number of hydrogen-bond donors (Lipinski definition) is 1. The number of carbonyl (C=O) groups is 1. The van der Waals surface area contributed by atoms with Crippen molar-refractivity contribution in [2.45, 2.75) is 26.8 Å². The van der Waals surface area contributed by atoms with Gasteiger partial charge in [0.2, 0.25) is 0 Å². The van der Waals surface area contributed by atoms with Crippen molar-refractivity contribution in [2.75, 3.05) is 0 Å². The largest absolute Gasteiger partial charge is 0.481 e. The van der Waals surface area contributed by atoms with Gasteiger partial charge in [-0.15, -0.1) is 0 Å². The average molecular weight is 277 g/mol. The predicted molar refractivity (Wildman–Crippen MR) is 69.4 cm³/mol. The summed E-state index contributed by atoms with van der Waals surface area (Å²) in [4.78, 5) is 30.8. The summed E-state index contributed by atoms with van der Waals surface area (Å²) < 4.78 is 2.93. The number of carboxylic acid groups (broad SMARTS) is 1. The van der Waals surface area contributed by atoms with E-state index in [0.717, 1.165) is 0 Å². The zero-order valence-corrected chi connectivity index (χ0v) is 11.5. The lowest BCUT2D eigenvalue weighted by molar-refractivity contribution is -0.136. The van der Waals surface area contributed by atoms with Gasteiger partial charge in [0.25, 0.3) is 0 Å². The van der Waals surface area contributed by atoms with E-state index < -0.39 is 11.7 Å². The molecule has 0 unspecified atom stereocenters. The molecule has 0 fully saturated rings. The first-order valence-electron chi connectivity index (χ1n) is 6.01. The van der Waals surface area contributed by atoms with E-state index in [-0.39, 0.29) is 13.0 Å². The summed E-state index contributed by atoms with van der Waals surface area (Å²) in [6, 6.07) is 0. The third-order valence-electron chi connectivity index (χ3n) is 3.05. The molecule has 0 saturated carbocycles. The highest BCUT2D eigenvalue weighted by atomic mass is 16.4. The van der Waals surface area contributed by atoms with Crippen LogP contribution >= 0.6 is 0 Å². The molecule has 0 bridgehead atoms. The van der Waals surface area contributed by atoms with Crippen molar-refractivity contribution in [1.82, 2.24) is 24.3 Å². The number of aliphatic carboxylic acids is 1. The molecule has 0 aliphatic rings. The molecular formula is C12H15N5O3. The molecule has 0 saturated heterocycles. The Morgan fingerprint density at radius 2 is 2.10 bits per heavy atom. The topological polar surface area (TPSA) is 103 Å². The van der Waals surface area contributed by atoms with Crippen LogP contribution in [0.25, 0.3) is 0 Å². The second-order valence-electron chi connectivity index (χ2n) is 4.53. The number of nitrogens with zero attached hydrogens (tertiary/aromatic N) is 5. The molecule has 0 aromatic carbocycles. The van der Waals surface area contributed by atoms with E-state index >= 15 is 0 Å². The summed E-state index contributed by atoms with van der Waals surface area (Å²) in [5, 5.41) is 13.0. The van der Waals surface area contributed by atoms with Crippen LogP contribution in [0, 0.1) is 13.8 Å². The van der Waals surface area contributed by atoms with Gasteiger partial charge < -0.3 is 5.11 Å². The van der Waals surface area contributed by atoms with Gasteiger partial charge in [-0.25, -0.2) is 9.78 Å². The number of aromatic nitrogens is 5. The van der Waals surface area contributed by atoms with Crippen LogP contribution in [0.1, 0.15) is 22.8 Å². The lowest BCUT2D eigenvalue weighted by Crippen LogP contribution is -2.29. The third-order valence-corrected chi connectivity index (χ3v) is 3.05. The fourth-order valence-corrected chi connectivity index (χ4v) is 2.03. The van der Waals surface area contributed by atoms with Crippen molar-refractivity contribution in [2.24, 2.45) is 7.05 Å². The van der Waals surface area contributed by atoms with E-state index in [0.29, 0.717) is 22.8 Å². The number of hydrogen-bond acceptors (Lipinski definition) is 5. The van der Waals surface area contributed by atoms with E-state index in [1.54, 1.807) is 20.9 Å². The van der Waals surface area contributed by atoms with Crippen LogP contribution in [0.2, 0.25) is 0 Å². The Bertz CT molecular complexity index is 716. The molecule has 2 aromatic rings. The molecular weight excluding hydrogens is 262 g/mol. The molecule has 0 aliphatic heterocycles. The number of rotatable bonds is 4. The van der Waals surface area contributed by atoms with Crippen LogP contribution in [0.15, 0.2) is 11.1 Å². The van der Waals surface area contributed by atoms with Crippen molar-refractivity contribution in [3.63, 3.8) is 0 Å². The molecule has 1 N–H and O–H groups in total. The second kappa shape index (κ2) is 5.24. The van der Waals surface area contributed by atoms with E-state index in [9.17, 15) is 9.59 Å². The lowest BCUT2D eigenvalue weighted by atomic mass is 10.1. The van der Waals surface area contributed by atoms with Crippen LogP contribution in [-0.4, -0.2) is 35.4 Å². The highest BCUT2D eigenvalue weighted by Crippen LogP contribution is 2.11. The van der Waals surface area contributed by atoms with Crippen LogP contribution in [0.5, 0.6) is 0 Å². The molecule has 20 heavy (non-hydrogen) atoms. The second-order valence-corrected chi connectivity index (χ2v) is 4.53. The summed E-state index contributed by atoms with van der Waals surface area (Å²) in [5.41, 5.74) is 1.15. The molecule has 8 nitrogen and oxygen atoms in total. The summed E-state index contributed by atoms with van der Waals surface area (Å²) in [6.45, 7) is 3.51. The molecule has 106 valence electrons. The summed E-state index contributed by atoms with van der Waals surface area (Å²) >= 11 is 0. The monoisotopic (exact) mass is 277 g/mol. The van der Waals surface area contributed by atoms with Gasteiger partial charge in [0.05, 0.1) is 13.0 Å². The SMILES string of the molecule is Cc1nc(=O)n(Cc2ncn(C)n2)c(C)c1CC(=O)O. The van der Waals surface area contributed by atoms with Gasteiger partial charge in [0.15, 0.2) is 5.82 Å². The molecule has 0 radical (unpaired) electrons. The highest BCUT2D eigenvalue weighted by Gasteiger charge is 2.15. The van der Waals surface area contributed by atoms with Gasteiger partial charge in [-0.1, -0.05) is 0 Å². The van der Waals surface area contributed by atoms with E-state index in [1.165, 1.54) is 15.6 Å². The maximum absolute atomic E-state index is 12.0. The van der Waals surface area contributed by atoms with Gasteiger partial charge in [-0.2, -0.15) is 10.1 Å². The minimum absolute atomic E-state index is 0.166. The van der Waals surface area contributed by atoms with Crippen LogP contribution in [0.3, 0.4) is 0 Å². The minimum atomic E-state index is -0.959. The average Bonchev–Trinajstić information content (AvgIpc) is 2.75. The molecule has 0 amide bonds. The first-order valence-corrected chi connectivity index (χ1v) is 6.01. The smallest absolute Gasteiger partial charge is 0.348 e. The highest BCUT2D eigenvalue weighted by molar-refractivity contribution is 5.70. The zero-order chi connectivity index (χ0) is 14.9. The van der Waals surface area contributed by atoms with Crippen molar-refractivity contribution >= 4 is 5.97 Å². The molecule has 8 heteroatoms. The van der Waals surface area contributed by atoms with Crippen molar-refractivity contribution in [3.05, 3.63) is 39.6 Å². The lowest BCUT2D eigenvalue weighted by Gasteiger charge is -2.13. The van der Waals surface area contributed by atoms with Gasteiger partial charge in [-0.3, -0.25) is 14.0 Å². The van der Waals surface area contributed by atoms with Crippen molar-refractivity contribution in [1.29, 1.82) is 0 Å². The molecule has 2 rings (SSSR count). The maximum Gasteiger partial charge on any atom is 0.348 e. The Morgan fingerprint density at radius 1 is 1.40 bits per heavy atom. The fraction of sp³-hybridized carbons (Fsp3) is 0.417. The number of carboxylic acids is 1. The summed E-state index contributed by atoms with van der Waals surface area (Å²) in [6.07, 6.45) is 1.37. The van der Waals surface area contributed by atoms with Gasteiger partial charge in [-0.05, 0) is 13.8 Å². The van der Waals surface area contributed by atoms with Crippen LogP contribution in [0.4, 0.5) is 0 Å². The molecule has 2 heterocycles. The van der Waals surface area contributed by atoms with E-state index in [1.807, 2.05) is 0 Å². The quantitative estimate of drug-likeness (QED) is 0.820. The van der Waals surface area contributed by atoms with Crippen LogP contribution < -0.4 is 5.69 Å². The Morgan fingerprint density at radius 3 is 2.65 bits per heavy atom. The molecule has 2 aromatic heterocycles. The van der Waals surface area contributed by atoms with Gasteiger partial charge in [0.1, 0.15) is 6.33 Å². The number of aryl methyl sites for hydroxylation is 2. The normalized spacial score (nSPS) is 10.8. The minimum Gasteiger partial charge on any atom is -0.481 e. The molecule has 0 atom stereocenters. The van der Waals surface area contributed by atoms with Gasteiger partial charge in [0, 0.05) is 24.0 Å². The van der Waals surface area contributed by atoms with Crippen LogP contribution in [-0.2, 0) is 24.8 Å². The van der Waals surface area contributed by atoms with Gasteiger partial charge >= 0.3 is 11.7 Å². The molecule has 0 aliphatic carbocycles. The fourth-order valence-electron chi connectivity index (χ4n) is 2.03. The van der Waals surface area contributed by atoms with Crippen molar-refractivity contribution in [3.8, 4) is 0 Å². The standard InChI is InChI=1S/C12H15N5O3/c1-7-9(4-11(18)19)8(2)17(12(20)14-7)5-10-13-6-16(3)15-10/h6H,4-5H2,1-3H3,(H,18,19). The third kappa shape index (κ3) is 2.73. The maximum atomic E-state index is 12.0. The zero-order valence-electron chi connectivity index (χ0n) is 11.5. The Hall–Kier alpha value is -2.51. The Kier molecular flexibility index (Phi) is 3.64. The summed E-state index contributed by atoms with van der Waals surface area (Å²) in [7, 11) is 1.73. The Balaban J connectivity index is 2.47. The first-order chi connectivity index (χ1) is 9.38. The van der Waals surface area contributed by atoms with Crippen molar-refractivity contribution < 1.29 is 9.90 Å². The Labute approximate surface area is 114 Å². The summed E-state index contributed by atoms with van der Waals surface area (Å²) in [5.74, 6) is -0.483. The van der Waals surface area contributed by atoms with E-state index in [2.05, 4.69) is 15.1 Å². The molecule has 0 spiro atoms.